The van der Waals surface area contributed by atoms with Crippen LogP contribution >= 0.6 is 11.3 Å². The Morgan fingerprint density at radius 2 is 2.23 bits per heavy atom. The first-order valence-electron chi connectivity index (χ1n) is 9.48. The molecule has 3 aromatic rings. The van der Waals surface area contributed by atoms with Gasteiger partial charge in [0.15, 0.2) is 5.13 Å². The first kappa shape index (κ1) is 18.8. The maximum atomic E-state index is 11.7. The number of hydrogen-bond donors (Lipinski definition) is 2. The minimum Gasteiger partial charge on any atom is -0.497 e. The summed E-state index contributed by atoms with van der Waals surface area (Å²) in [7, 11) is 3.19. The van der Waals surface area contributed by atoms with Gasteiger partial charge in [0.1, 0.15) is 5.75 Å². The van der Waals surface area contributed by atoms with Gasteiger partial charge in [-0.15, -0.1) is 5.10 Å². The normalized spacial score (nSPS) is 19.9. The number of urea groups is 1. The Hall–Kier alpha value is -3.18. The van der Waals surface area contributed by atoms with E-state index in [1.807, 2.05) is 24.3 Å². The number of aromatic nitrogens is 3. The van der Waals surface area contributed by atoms with Crippen LogP contribution in [0, 0.1) is 0 Å². The van der Waals surface area contributed by atoms with Gasteiger partial charge in [0, 0.05) is 19.0 Å². The molecule has 30 heavy (non-hydrogen) atoms. The fraction of sp³-hybridized carbons (Fsp3) is 0.368. The largest absolute Gasteiger partial charge is 0.497 e. The summed E-state index contributed by atoms with van der Waals surface area (Å²) in [5.41, 5.74) is 1.77. The lowest BCUT2D eigenvalue weighted by molar-refractivity contribution is 0.0578. The molecule has 0 saturated carbocycles. The number of thiazole rings is 1. The highest BCUT2D eigenvalue weighted by Crippen LogP contribution is 2.43. The van der Waals surface area contributed by atoms with Gasteiger partial charge in [-0.2, -0.15) is 0 Å². The van der Waals surface area contributed by atoms with Crippen LogP contribution in [0.3, 0.4) is 0 Å². The van der Waals surface area contributed by atoms with Crippen molar-refractivity contribution < 1.29 is 18.7 Å². The highest BCUT2D eigenvalue weighted by atomic mass is 32.1. The van der Waals surface area contributed by atoms with Gasteiger partial charge in [-0.05, 0) is 18.2 Å². The molecular formula is C19H20N6O4S. The molecule has 2 bridgehead atoms. The first-order valence-corrected chi connectivity index (χ1v) is 10.3. The van der Waals surface area contributed by atoms with Crippen molar-refractivity contribution in [2.75, 3.05) is 37.6 Å². The second kappa shape index (κ2) is 7.58. The van der Waals surface area contributed by atoms with Crippen molar-refractivity contribution in [1.29, 1.82) is 0 Å². The molecule has 4 heterocycles. The molecule has 2 aliphatic heterocycles. The zero-order chi connectivity index (χ0) is 20.7. The fourth-order valence-electron chi connectivity index (χ4n) is 3.78. The fourth-order valence-corrected chi connectivity index (χ4v) is 4.85. The van der Waals surface area contributed by atoms with Gasteiger partial charge in [-0.3, -0.25) is 5.32 Å². The number of methoxy groups -OCH3 is 1. The maximum Gasteiger partial charge on any atom is 0.320 e. The highest BCUT2D eigenvalue weighted by molar-refractivity contribution is 7.16. The third-order valence-electron chi connectivity index (χ3n) is 5.17. The zero-order valence-electron chi connectivity index (χ0n) is 16.4. The number of hydrogen-bond acceptors (Lipinski definition) is 9. The summed E-state index contributed by atoms with van der Waals surface area (Å²) in [6.45, 7) is 1.03. The number of rotatable bonds is 4. The second-order valence-electron chi connectivity index (χ2n) is 6.97. The molecule has 0 aliphatic carbocycles. The molecule has 0 radical (unpaired) electrons. The summed E-state index contributed by atoms with van der Waals surface area (Å²) in [4.78, 5) is 19.4. The van der Waals surface area contributed by atoms with Gasteiger partial charge in [-0.1, -0.05) is 22.5 Å². The molecule has 156 valence electrons. The number of carbonyl (C=O) groups excluding carboxylic acids is 1. The quantitative estimate of drug-likeness (QED) is 0.651. The van der Waals surface area contributed by atoms with Crippen LogP contribution in [-0.2, 0) is 11.2 Å². The summed E-state index contributed by atoms with van der Waals surface area (Å²) >= 11 is 1.44. The Bertz CT molecular complexity index is 1080. The minimum absolute atomic E-state index is 0.0322. The molecule has 1 aromatic carbocycles. The molecule has 0 unspecified atom stereocenters. The number of ether oxygens (including phenoxy) is 2. The second-order valence-corrected chi connectivity index (χ2v) is 8.00. The van der Waals surface area contributed by atoms with Crippen molar-refractivity contribution in [2.45, 2.75) is 18.5 Å². The van der Waals surface area contributed by atoms with Crippen LogP contribution in [0.5, 0.6) is 5.75 Å². The Kier molecular flexibility index (Phi) is 4.75. The van der Waals surface area contributed by atoms with E-state index in [1.165, 1.54) is 11.3 Å². The van der Waals surface area contributed by atoms with Gasteiger partial charge in [-0.25, -0.2) is 9.78 Å². The van der Waals surface area contributed by atoms with Crippen molar-refractivity contribution in [2.24, 2.45) is 0 Å². The molecule has 1 saturated heterocycles. The van der Waals surface area contributed by atoms with E-state index in [4.69, 9.17) is 13.9 Å². The van der Waals surface area contributed by atoms with Crippen molar-refractivity contribution >= 4 is 28.5 Å². The van der Waals surface area contributed by atoms with E-state index in [1.54, 1.807) is 14.2 Å². The number of morpholine rings is 1. The lowest BCUT2D eigenvalue weighted by Crippen LogP contribution is -2.51. The molecule has 10 nitrogen and oxygen atoms in total. The Morgan fingerprint density at radius 1 is 1.33 bits per heavy atom. The average Bonchev–Trinajstić information content (AvgIpc) is 3.40. The lowest BCUT2D eigenvalue weighted by Gasteiger charge is -2.43. The average molecular weight is 428 g/mol. The van der Waals surface area contributed by atoms with E-state index in [0.29, 0.717) is 36.7 Å². The van der Waals surface area contributed by atoms with Gasteiger partial charge in [0.25, 0.3) is 0 Å². The summed E-state index contributed by atoms with van der Waals surface area (Å²) in [6, 6.07) is 7.60. The number of fused-ring (bicyclic) bond motifs is 4. The van der Waals surface area contributed by atoms with Crippen LogP contribution in [0.4, 0.5) is 15.9 Å². The topological polar surface area (TPSA) is 115 Å². The Morgan fingerprint density at radius 3 is 3.07 bits per heavy atom. The SMILES string of the molecule is CNC(=O)Nc1nc2c(s1)[C@@H]1COC[C@H](C2)N1c1nnc(-c2cccc(OC)c2)o1. The Balaban J connectivity index is 1.46. The lowest BCUT2D eigenvalue weighted by atomic mass is 9.97. The first-order chi connectivity index (χ1) is 14.7. The molecule has 11 heteroatoms. The number of nitrogens with one attached hydrogen (secondary N) is 2. The number of anilines is 2. The van der Waals surface area contributed by atoms with E-state index >= 15 is 0 Å². The van der Waals surface area contributed by atoms with Crippen molar-refractivity contribution in [3.05, 3.63) is 34.8 Å². The van der Waals surface area contributed by atoms with Crippen LogP contribution in [0.15, 0.2) is 28.7 Å². The maximum absolute atomic E-state index is 11.7. The zero-order valence-corrected chi connectivity index (χ0v) is 17.2. The van der Waals surface area contributed by atoms with Crippen LogP contribution in [0.25, 0.3) is 11.5 Å². The molecule has 2 aromatic heterocycles. The molecule has 2 aliphatic rings. The highest BCUT2D eigenvalue weighted by Gasteiger charge is 2.43. The molecule has 1 fully saturated rings. The third-order valence-corrected chi connectivity index (χ3v) is 6.29. The predicted molar refractivity (Wildman–Crippen MR) is 110 cm³/mol. The van der Waals surface area contributed by atoms with Gasteiger partial charge >= 0.3 is 12.0 Å². The van der Waals surface area contributed by atoms with Crippen molar-refractivity contribution in [3.63, 3.8) is 0 Å². The minimum atomic E-state index is -0.294. The molecule has 2 N–H and O–H groups in total. The van der Waals surface area contributed by atoms with E-state index < -0.39 is 0 Å². The number of amides is 2. The summed E-state index contributed by atoms with van der Waals surface area (Å²) in [6.07, 6.45) is 0.675. The van der Waals surface area contributed by atoms with Gasteiger partial charge in [0.05, 0.1) is 43.0 Å². The molecule has 2 atom stereocenters. The van der Waals surface area contributed by atoms with E-state index in [9.17, 15) is 4.79 Å². The Labute approximate surface area is 176 Å². The predicted octanol–water partition coefficient (Wildman–Crippen LogP) is 2.46. The third kappa shape index (κ3) is 3.25. The van der Waals surface area contributed by atoms with Crippen molar-refractivity contribution in [1.82, 2.24) is 20.5 Å². The van der Waals surface area contributed by atoms with Gasteiger partial charge in [0.2, 0.25) is 5.89 Å². The smallest absolute Gasteiger partial charge is 0.320 e. The van der Waals surface area contributed by atoms with E-state index in [2.05, 4.69) is 30.7 Å². The summed E-state index contributed by atoms with van der Waals surface area (Å²) in [5, 5.41) is 14.4. The van der Waals surface area contributed by atoms with Crippen LogP contribution < -0.4 is 20.3 Å². The van der Waals surface area contributed by atoms with E-state index in [-0.39, 0.29) is 18.1 Å². The van der Waals surface area contributed by atoms with Crippen LogP contribution in [-0.4, -0.2) is 54.6 Å². The molecule has 0 spiro atoms. The van der Waals surface area contributed by atoms with Crippen LogP contribution in [0.1, 0.15) is 16.6 Å². The van der Waals surface area contributed by atoms with Crippen LogP contribution in [0.2, 0.25) is 0 Å². The molecular weight excluding hydrogens is 408 g/mol. The summed E-state index contributed by atoms with van der Waals surface area (Å²) in [5.74, 6) is 1.15. The standard InChI is InChI=1S/C19H20N6O4S/c1-20-17(26)22-18-21-13-7-11-8-28-9-14(15(13)30-18)25(11)19-24-23-16(29-19)10-4-3-5-12(6-10)27-2/h3-6,11,14H,7-9H2,1-2H3,(H2,20,21,22,26)/t11-,14-/m0/s1. The number of benzene rings is 1. The molecule has 5 rings (SSSR count). The van der Waals surface area contributed by atoms with Crippen molar-refractivity contribution in [3.8, 4) is 17.2 Å². The monoisotopic (exact) mass is 428 g/mol. The van der Waals surface area contributed by atoms with E-state index in [0.717, 1.165) is 21.9 Å². The number of nitrogens with zero attached hydrogens (tertiary/aromatic N) is 4. The molecule has 2 amide bonds. The number of carbonyl (C=O) groups is 1. The summed E-state index contributed by atoms with van der Waals surface area (Å²) < 4.78 is 17.1. The van der Waals surface area contributed by atoms with Gasteiger partial charge < -0.3 is 24.1 Å².